The Labute approximate surface area is 464 Å². The highest BCUT2D eigenvalue weighted by atomic mass is 16.5. The van der Waals surface area contributed by atoms with Crippen molar-refractivity contribution >= 4 is 11.9 Å². The highest BCUT2D eigenvalue weighted by Crippen LogP contribution is 2.19. The molecule has 0 rings (SSSR count). The molecule has 74 heavy (non-hydrogen) atoms. The first kappa shape index (κ1) is 72.9. The quantitative estimate of drug-likeness (QED) is 0.0417. The van der Waals surface area contributed by atoms with Gasteiger partial charge in [-0.3, -0.25) is 9.59 Å². The second-order valence-corrected chi connectivity index (χ2v) is 23.9. The molecule has 6 heteroatoms. The summed E-state index contributed by atoms with van der Waals surface area (Å²) >= 11 is 0. The van der Waals surface area contributed by atoms with Gasteiger partial charge in [0.05, 0.1) is 25.4 Å². The van der Waals surface area contributed by atoms with E-state index in [2.05, 4.69) is 19.2 Å². The molecule has 2 unspecified atom stereocenters. The fraction of sp³-hybridized carbons (Fsp3) is 0.971. The third-order valence-corrected chi connectivity index (χ3v) is 16.4. The van der Waals surface area contributed by atoms with Gasteiger partial charge in [0.1, 0.15) is 0 Å². The molecule has 1 amide bonds. The molecule has 0 aliphatic carbocycles. The zero-order chi connectivity index (χ0) is 53.6. The van der Waals surface area contributed by atoms with Gasteiger partial charge in [0.15, 0.2) is 0 Å². The minimum absolute atomic E-state index is 0.0170. The lowest BCUT2D eigenvalue weighted by atomic mass is 10.0. The van der Waals surface area contributed by atoms with Crippen LogP contribution in [0.3, 0.4) is 0 Å². The fourth-order valence-electron chi connectivity index (χ4n) is 11.2. The molecular formula is C68H135NO5. The maximum Gasteiger partial charge on any atom is 0.305 e. The Morgan fingerprint density at radius 3 is 0.824 bits per heavy atom. The molecule has 442 valence electrons. The Bertz CT molecular complexity index is 1070. The van der Waals surface area contributed by atoms with E-state index in [0.29, 0.717) is 25.9 Å². The summed E-state index contributed by atoms with van der Waals surface area (Å²) in [7, 11) is 0. The van der Waals surface area contributed by atoms with Crippen LogP contribution in [0, 0.1) is 0 Å². The predicted octanol–water partition coefficient (Wildman–Crippen LogP) is 21.8. The summed E-state index contributed by atoms with van der Waals surface area (Å²) in [6, 6.07) is -0.542. The number of hydrogen-bond acceptors (Lipinski definition) is 5. The van der Waals surface area contributed by atoms with Crippen molar-refractivity contribution < 1.29 is 24.5 Å². The molecule has 2 atom stereocenters. The molecule has 0 aromatic carbocycles. The molecule has 0 spiro atoms. The minimum atomic E-state index is -0.665. The van der Waals surface area contributed by atoms with Crippen LogP contribution in [-0.2, 0) is 14.3 Å². The smallest absolute Gasteiger partial charge is 0.305 e. The average Bonchev–Trinajstić information content (AvgIpc) is 3.40. The second kappa shape index (κ2) is 64.4. The van der Waals surface area contributed by atoms with Crippen molar-refractivity contribution in [3.8, 4) is 0 Å². The zero-order valence-electron chi connectivity index (χ0n) is 50.6. The van der Waals surface area contributed by atoms with Crippen molar-refractivity contribution in [2.45, 2.75) is 411 Å². The van der Waals surface area contributed by atoms with Gasteiger partial charge in [-0.15, -0.1) is 0 Å². The van der Waals surface area contributed by atoms with E-state index in [1.807, 2.05) is 0 Å². The lowest BCUT2D eigenvalue weighted by Crippen LogP contribution is -2.45. The Hall–Kier alpha value is -1.14. The van der Waals surface area contributed by atoms with Gasteiger partial charge in [-0.25, -0.2) is 0 Å². The van der Waals surface area contributed by atoms with E-state index in [1.54, 1.807) is 0 Å². The molecule has 0 bridgehead atoms. The first-order valence-corrected chi connectivity index (χ1v) is 34.3. The van der Waals surface area contributed by atoms with Crippen molar-refractivity contribution in [2.75, 3.05) is 13.2 Å². The minimum Gasteiger partial charge on any atom is -0.466 e. The SMILES string of the molecule is CCCCCCCCCCCCCCCCCCCCCCC(O)C(CO)NC(=O)CCCCCCCCCCCCCCCCCCCCCCCOC(=O)CCCCCCCCCCCCCCCCCC. The largest absolute Gasteiger partial charge is 0.466 e. The maximum atomic E-state index is 12.5. The number of hydrogen-bond donors (Lipinski definition) is 3. The maximum absolute atomic E-state index is 12.5. The first-order valence-electron chi connectivity index (χ1n) is 34.3. The lowest BCUT2D eigenvalue weighted by molar-refractivity contribution is -0.143. The molecule has 0 aliphatic heterocycles. The van der Waals surface area contributed by atoms with E-state index >= 15 is 0 Å². The van der Waals surface area contributed by atoms with Gasteiger partial charge in [-0.2, -0.15) is 0 Å². The van der Waals surface area contributed by atoms with E-state index in [0.717, 1.165) is 38.5 Å². The zero-order valence-corrected chi connectivity index (χ0v) is 50.6. The number of nitrogens with one attached hydrogen (secondary N) is 1. The number of unbranched alkanes of at least 4 members (excludes halogenated alkanes) is 54. The molecule has 3 N–H and O–H groups in total. The van der Waals surface area contributed by atoms with Crippen LogP contribution in [0.1, 0.15) is 399 Å². The average molecular weight is 1050 g/mol. The van der Waals surface area contributed by atoms with Gasteiger partial charge < -0.3 is 20.3 Å². The number of rotatable bonds is 65. The molecule has 0 aromatic heterocycles. The van der Waals surface area contributed by atoms with Crippen molar-refractivity contribution in [3.63, 3.8) is 0 Å². The van der Waals surface area contributed by atoms with Crippen LogP contribution >= 0.6 is 0 Å². The topological polar surface area (TPSA) is 95.9 Å². The summed E-state index contributed by atoms with van der Waals surface area (Å²) in [5.41, 5.74) is 0. The molecule has 0 saturated carbocycles. The summed E-state index contributed by atoms with van der Waals surface area (Å²) in [5, 5.41) is 23.4. The van der Waals surface area contributed by atoms with Crippen LogP contribution in [0.2, 0.25) is 0 Å². The lowest BCUT2D eigenvalue weighted by Gasteiger charge is -2.22. The monoisotopic (exact) mass is 1050 g/mol. The van der Waals surface area contributed by atoms with Gasteiger partial charge in [0, 0.05) is 12.8 Å². The molecular weight excluding hydrogens is 911 g/mol. The van der Waals surface area contributed by atoms with Gasteiger partial charge in [0.2, 0.25) is 5.91 Å². The molecule has 0 aromatic rings. The van der Waals surface area contributed by atoms with Crippen molar-refractivity contribution in [1.29, 1.82) is 0 Å². The van der Waals surface area contributed by atoms with Gasteiger partial charge in [0.25, 0.3) is 0 Å². The van der Waals surface area contributed by atoms with Crippen LogP contribution in [0.15, 0.2) is 0 Å². The summed E-state index contributed by atoms with van der Waals surface area (Å²) in [4.78, 5) is 24.6. The van der Waals surface area contributed by atoms with E-state index in [4.69, 9.17) is 4.74 Å². The van der Waals surface area contributed by atoms with E-state index in [1.165, 1.54) is 327 Å². The fourth-order valence-corrected chi connectivity index (χ4v) is 11.2. The van der Waals surface area contributed by atoms with Crippen LogP contribution in [0.25, 0.3) is 0 Å². The van der Waals surface area contributed by atoms with Crippen molar-refractivity contribution in [2.24, 2.45) is 0 Å². The Morgan fingerprint density at radius 1 is 0.324 bits per heavy atom. The predicted molar refractivity (Wildman–Crippen MR) is 324 cm³/mol. The Balaban J connectivity index is 3.36. The highest BCUT2D eigenvalue weighted by Gasteiger charge is 2.20. The van der Waals surface area contributed by atoms with Gasteiger partial charge >= 0.3 is 5.97 Å². The van der Waals surface area contributed by atoms with Crippen molar-refractivity contribution in [3.05, 3.63) is 0 Å². The number of esters is 1. The standard InChI is InChI=1S/C68H135NO5/c1-3-5-7-9-11-13-15-17-19-21-22-26-29-32-36-40-44-48-52-56-60-66(71)65(64-70)69-67(72)61-57-53-49-45-41-37-33-30-27-24-23-25-28-31-35-39-43-47-51-55-59-63-74-68(73)62-58-54-50-46-42-38-34-20-18-16-14-12-10-8-6-4-2/h65-66,70-71H,3-64H2,1-2H3,(H,69,72). The number of aliphatic hydroxyl groups excluding tert-OH is 2. The summed E-state index contributed by atoms with van der Waals surface area (Å²) in [6.07, 6.45) is 77.0. The summed E-state index contributed by atoms with van der Waals surface area (Å²) in [6.45, 7) is 5.00. The molecule has 0 radical (unpaired) electrons. The Morgan fingerprint density at radius 2 is 0.554 bits per heavy atom. The summed E-state index contributed by atoms with van der Waals surface area (Å²) in [5.74, 6) is -0.0138. The van der Waals surface area contributed by atoms with Crippen molar-refractivity contribution in [1.82, 2.24) is 5.32 Å². The van der Waals surface area contributed by atoms with E-state index in [9.17, 15) is 19.8 Å². The molecule has 0 heterocycles. The molecule has 6 nitrogen and oxygen atoms in total. The number of amides is 1. The molecule has 0 saturated heterocycles. The molecule has 0 fully saturated rings. The highest BCUT2D eigenvalue weighted by molar-refractivity contribution is 5.76. The van der Waals surface area contributed by atoms with Gasteiger partial charge in [-0.05, 0) is 25.7 Å². The van der Waals surface area contributed by atoms with Crippen LogP contribution in [-0.4, -0.2) is 47.4 Å². The molecule has 0 aliphatic rings. The van der Waals surface area contributed by atoms with E-state index in [-0.39, 0.29) is 18.5 Å². The van der Waals surface area contributed by atoms with Crippen LogP contribution in [0.5, 0.6) is 0 Å². The van der Waals surface area contributed by atoms with E-state index < -0.39 is 12.1 Å². The van der Waals surface area contributed by atoms with Crippen LogP contribution < -0.4 is 5.32 Å². The third-order valence-electron chi connectivity index (χ3n) is 16.4. The normalized spacial score (nSPS) is 12.4. The van der Waals surface area contributed by atoms with Crippen LogP contribution in [0.4, 0.5) is 0 Å². The summed E-state index contributed by atoms with van der Waals surface area (Å²) < 4.78 is 5.50. The number of carbonyl (C=O) groups excluding carboxylic acids is 2. The third kappa shape index (κ3) is 60.1. The Kier molecular flexibility index (Phi) is 63.4. The number of aliphatic hydroxyl groups is 2. The first-order chi connectivity index (χ1) is 36.5. The second-order valence-electron chi connectivity index (χ2n) is 23.9. The van der Waals surface area contributed by atoms with Gasteiger partial charge in [-0.1, -0.05) is 361 Å². The number of ether oxygens (including phenoxy) is 1. The number of carbonyl (C=O) groups is 2.